The fourth-order valence-electron chi connectivity index (χ4n) is 4.02. The maximum atomic E-state index is 9.81. The number of nitrogens with zero attached hydrogens (tertiary/aromatic N) is 5. The summed E-state index contributed by atoms with van der Waals surface area (Å²) < 4.78 is 0. The molecular formula is C18H31N5O. The molecule has 6 heteroatoms. The van der Waals surface area contributed by atoms with Crippen molar-refractivity contribution in [2.45, 2.75) is 25.7 Å². The van der Waals surface area contributed by atoms with Gasteiger partial charge in [-0.2, -0.15) is 4.98 Å². The quantitative estimate of drug-likeness (QED) is 0.868. The summed E-state index contributed by atoms with van der Waals surface area (Å²) in [5, 5.41) is 9.81. The van der Waals surface area contributed by atoms with E-state index < -0.39 is 0 Å². The van der Waals surface area contributed by atoms with Crippen LogP contribution in [0.4, 0.5) is 11.8 Å². The van der Waals surface area contributed by atoms with E-state index in [0.717, 1.165) is 44.2 Å². The van der Waals surface area contributed by atoms with Crippen LogP contribution in [0.5, 0.6) is 0 Å². The Hall–Kier alpha value is -1.40. The van der Waals surface area contributed by atoms with Gasteiger partial charge in [0.25, 0.3) is 0 Å². The van der Waals surface area contributed by atoms with Gasteiger partial charge in [-0.1, -0.05) is 0 Å². The number of aromatic nitrogens is 2. The second-order valence-electron chi connectivity index (χ2n) is 7.74. The van der Waals surface area contributed by atoms with Crippen LogP contribution < -0.4 is 9.80 Å². The Balaban J connectivity index is 1.92. The van der Waals surface area contributed by atoms with E-state index in [1.165, 1.54) is 24.1 Å². The van der Waals surface area contributed by atoms with Crippen molar-refractivity contribution in [2.75, 3.05) is 64.2 Å². The summed E-state index contributed by atoms with van der Waals surface area (Å²) in [6, 6.07) is 0. The fourth-order valence-corrected chi connectivity index (χ4v) is 4.02. The van der Waals surface area contributed by atoms with Gasteiger partial charge >= 0.3 is 0 Å². The zero-order valence-corrected chi connectivity index (χ0v) is 15.5. The summed E-state index contributed by atoms with van der Waals surface area (Å²) in [6.45, 7) is 3.13. The van der Waals surface area contributed by atoms with Crippen LogP contribution >= 0.6 is 0 Å². The van der Waals surface area contributed by atoms with Crippen LogP contribution in [0.25, 0.3) is 0 Å². The SMILES string of the molecule is CN(C)C[C@@H]1CN(c2nc(N(C)C)nc3c2CCCC3)C[C@@H]1CO. The number of hydrogen-bond acceptors (Lipinski definition) is 6. The molecule has 2 atom stereocenters. The van der Waals surface area contributed by atoms with Crippen molar-refractivity contribution >= 4 is 11.8 Å². The van der Waals surface area contributed by atoms with Crippen molar-refractivity contribution in [1.29, 1.82) is 0 Å². The molecule has 0 bridgehead atoms. The number of fused-ring (bicyclic) bond motifs is 1. The second-order valence-corrected chi connectivity index (χ2v) is 7.74. The predicted octanol–water partition coefficient (Wildman–Crippen LogP) is 1.03. The van der Waals surface area contributed by atoms with E-state index in [2.05, 4.69) is 23.9 Å². The zero-order valence-electron chi connectivity index (χ0n) is 15.5. The van der Waals surface area contributed by atoms with Crippen LogP contribution in [0.15, 0.2) is 0 Å². The van der Waals surface area contributed by atoms with Crippen molar-refractivity contribution in [3.63, 3.8) is 0 Å². The molecule has 2 heterocycles. The third-order valence-electron chi connectivity index (χ3n) is 5.26. The summed E-state index contributed by atoms with van der Waals surface area (Å²) in [5.74, 6) is 2.73. The van der Waals surface area contributed by atoms with Gasteiger partial charge in [-0.05, 0) is 45.7 Å². The minimum absolute atomic E-state index is 0.253. The highest BCUT2D eigenvalue weighted by Crippen LogP contribution is 2.34. The van der Waals surface area contributed by atoms with Crippen LogP contribution in [-0.4, -0.2) is 74.4 Å². The summed E-state index contributed by atoms with van der Waals surface area (Å²) in [4.78, 5) is 16.3. The summed E-state index contributed by atoms with van der Waals surface area (Å²) in [5.41, 5.74) is 2.57. The van der Waals surface area contributed by atoms with E-state index in [9.17, 15) is 5.11 Å². The predicted molar refractivity (Wildman–Crippen MR) is 97.8 cm³/mol. The molecule has 0 aromatic carbocycles. The van der Waals surface area contributed by atoms with Gasteiger partial charge in [-0.25, -0.2) is 4.98 Å². The van der Waals surface area contributed by atoms with Gasteiger partial charge in [0.15, 0.2) is 0 Å². The van der Waals surface area contributed by atoms with E-state index in [-0.39, 0.29) is 6.61 Å². The lowest BCUT2D eigenvalue weighted by atomic mass is 9.96. The molecule has 2 aliphatic rings. The van der Waals surface area contributed by atoms with E-state index in [1.54, 1.807) is 0 Å². The Kier molecular flexibility index (Phi) is 5.25. The molecule has 0 amide bonds. The third kappa shape index (κ3) is 3.49. The molecule has 0 saturated carbocycles. The molecule has 0 radical (unpaired) electrons. The average molecular weight is 333 g/mol. The summed E-state index contributed by atoms with van der Waals surface area (Å²) in [6.07, 6.45) is 4.59. The van der Waals surface area contributed by atoms with Crippen molar-refractivity contribution < 1.29 is 5.11 Å². The number of aliphatic hydroxyl groups is 1. The maximum absolute atomic E-state index is 9.81. The Labute approximate surface area is 145 Å². The maximum Gasteiger partial charge on any atom is 0.227 e. The van der Waals surface area contributed by atoms with Crippen LogP contribution in [0.3, 0.4) is 0 Å². The van der Waals surface area contributed by atoms with Crippen LogP contribution in [0.1, 0.15) is 24.1 Å². The molecule has 1 aromatic rings. The van der Waals surface area contributed by atoms with Gasteiger partial charge in [0.1, 0.15) is 5.82 Å². The molecule has 6 nitrogen and oxygen atoms in total. The van der Waals surface area contributed by atoms with E-state index >= 15 is 0 Å². The van der Waals surface area contributed by atoms with Crippen molar-refractivity contribution in [1.82, 2.24) is 14.9 Å². The first-order chi connectivity index (χ1) is 11.5. The Morgan fingerprint density at radius 3 is 2.42 bits per heavy atom. The highest BCUT2D eigenvalue weighted by atomic mass is 16.3. The highest BCUT2D eigenvalue weighted by Gasteiger charge is 2.35. The molecule has 1 saturated heterocycles. The Morgan fingerprint density at radius 1 is 1.04 bits per heavy atom. The molecule has 24 heavy (non-hydrogen) atoms. The third-order valence-corrected chi connectivity index (χ3v) is 5.26. The second kappa shape index (κ2) is 7.23. The smallest absolute Gasteiger partial charge is 0.227 e. The number of rotatable bonds is 5. The van der Waals surface area contributed by atoms with Gasteiger partial charge in [0.05, 0.1) is 5.69 Å². The fraction of sp³-hybridized carbons (Fsp3) is 0.778. The molecule has 1 aromatic heterocycles. The number of anilines is 2. The molecular weight excluding hydrogens is 302 g/mol. The van der Waals surface area contributed by atoms with Crippen molar-refractivity contribution in [3.05, 3.63) is 11.3 Å². The molecule has 0 spiro atoms. The lowest BCUT2D eigenvalue weighted by Crippen LogP contribution is -2.29. The van der Waals surface area contributed by atoms with E-state index in [1.807, 2.05) is 19.0 Å². The highest BCUT2D eigenvalue weighted by molar-refractivity contribution is 5.55. The number of hydrogen-bond donors (Lipinski definition) is 1. The van der Waals surface area contributed by atoms with E-state index in [4.69, 9.17) is 9.97 Å². The first-order valence-electron chi connectivity index (χ1n) is 9.07. The molecule has 1 N–H and O–H groups in total. The largest absolute Gasteiger partial charge is 0.396 e. The minimum Gasteiger partial charge on any atom is -0.396 e. The number of aryl methyl sites for hydroxylation is 1. The Bertz CT molecular complexity index is 575. The average Bonchev–Trinajstić information content (AvgIpc) is 2.95. The van der Waals surface area contributed by atoms with Crippen molar-refractivity contribution in [2.24, 2.45) is 11.8 Å². The lowest BCUT2D eigenvalue weighted by molar-refractivity contribution is 0.185. The van der Waals surface area contributed by atoms with Crippen LogP contribution in [0.2, 0.25) is 0 Å². The van der Waals surface area contributed by atoms with Gasteiger partial charge in [0.2, 0.25) is 5.95 Å². The lowest BCUT2D eigenvalue weighted by Gasteiger charge is -2.27. The Morgan fingerprint density at radius 2 is 1.75 bits per heavy atom. The molecule has 3 rings (SSSR count). The summed E-state index contributed by atoms with van der Waals surface area (Å²) >= 11 is 0. The van der Waals surface area contributed by atoms with Gasteiger partial charge < -0.3 is 19.8 Å². The van der Waals surface area contributed by atoms with Gasteiger partial charge in [0, 0.05) is 51.8 Å². The standard InChI is InChI=1S/C18H31N5O/c1-21(2)9-13-10-23(11-14(13)12-24)17-15-7-5-6-8-16(15)19-18(20-17)22(3)4/h13-14,24H,5-12H2,1-4H3/t13-,14-/m1/s1. The number of aliphatic hydroxyl groups excluding tert-OH is 1. The monoisotopic (exact) mass is 333 g/mol. The molecule has 1 aliphatic heterocycles. The van der Waals surface area contributed by atoms with Crippen molar-refractivity contribution in [3.8, 4) is 0 Å². The molecule has 0 unspecified atom stereocenters. The van der Waals surface area contributed by atoms with Crippen LogP contribution in [-0.2, 0) is 12.8 Å². The van der Waals surface area contributed by atoms with Gasteiger partial charge in [-0.3, -0.25) is 0 Å². The topological polar surface area (TPSA) is 55.7 Å². The normalized spacial score (nSPS) is 23.7. The minimum atomic E-state index is 0.253. The summed E-state index contributed by atoms with van der Waals surface area (Å²) in [7, 11) is 8.22. The van der Waals surface area contributed by atoms with Gasteiger partial charge in [-0.15, -0.1) is 0 Å². The first kappa shape index (κ1) is 17.4. The molecule has 1 fully saturated rings. The zero-order chi connectivity index (χ0) is 17.3. The molecule has 1 aliphatic carbocycles. The molecule has 134 valence electrons. The first-order valence-corrected chi connectivity index (χ1v) is 9.07. The van der Waals surface area contributed by atoms with E-state index in [0.29, 0.717) is 11.8 Å². The van der Waals surface area contributed by atoms with Crippen LogP contribution in [0, 0.1) is 11.8 Å².